The van der Waals surface area contributed by atoms with Gasteiger partial charge in [-0.05, 0) is 18.8 Å². The molecule has 1 aliphatic carbocycles. The molecule has 2 N–H and O–H groups in total. The van der Waals surface area contributed by atoms with Crippen LogP contribution >= 0.6 is 0 Å². The van der Waals surface area contributed by atoms with Crippen molar-refractivity contribution in [3.8, 4) is 0 Å². The molecule has 3 unspecified atom stereocenters. The molecule has 4 nitrogen and oxygen atoms in total. The van der Waals surface area contributed by atoms with Gasteiger partial charge < -0.3 is 10.2 Å². The second-order valence-electron chi connectivity index (χ2n) is 4.02. The van der Waals surface area contributed by atoms with Crippen molar-refractivity contribution in [1.82, 2.24) is 0 Å². The molecule has 0 heterocycles. The number of carboxylic acid groups (broad SMARTS) is 2. The molecule has 4 heteroatoms. The van der Waals surface area contributed by atoms with Gasteiger partial charge in [0.1, 0.15) is 0 Å². The number of carbonyl (C=O) groups is 2. The van der Waals surface area contributed by atoms with Gasteiger partial charge >= 0.3 is 11.9 Å². The molecule has 0 aliphatic heterocycles. The van der Waals surface area contributed by atoms with Crippen molar-refractivity contribution in [2.24, 2.45) is 17.8 Å². The van der Waals surface area contributed by atoms with Crippen molar-refractivity contribution in [3.05, 3.63) is 0 Å². The van der Waals surface area contributed by atoms with Crippen molar-refractivity contribution >= 4 is 11.9 Å². The largest absolute Gasteiger partial charge is 0.481 e. The Kier molecular flexibility index (Phi) is 3.49. The summed E-state index contributed by atoms with van der Waals surface area (Å²) >= 11 is 0. The molecule has 1 saturated carbocycles. The Morgan fingerprint density at radius 1 is 1.21 bits per heavy atom. The van der Waals surface area contributed by atoms with Crippen LogP contribution in [-0.4, -0.2) is 22.2 Å². The molecule has 0 saturated heterocycles. The van der Waals surface area contributed by atoms with Gasteiger partial charge in [-0.3, -0.25) is 9.59 Å². The lowest BCUT2D eigenvalue weighted by Crippen LogP contribution is -2.34. The van der Waals surface area contributed by atoms with Crippen LogP contribution in [0, 0.1) is 17.8 Å². The first-order chi connectivity index (χ1) is 6.54. The molecule has 0 spiro atoms. The van der Waals surface area contributed by atoms with E-state index in [1.807, 2.05) is 0 Å². The predicted octanol–water partition coefficient (Wildman–Crippen LogP) is 1.60. The zero-order valence-electron chi connectivity index (χ0n) is 8.27. The number of rotatable bonds is 3. The van der Waals surface area contributed by atoms with E-state index >= 15 is 0 Å². The maximum Gasteiger partial charge on any atom is 0.306 e. The first-order valence-electron chi connectivity index (χ1n) is 4.99. The highest BCUT2D eigenvalue weighted by atomic mass is 16.4. The minimum Gasteiger partial charge on any atom is -0.481 e. The van der Waals surface area contributed by atoms with E-state index in [0.717, 1.165) is 19.3 Å². The Balaban J connectivity index is 2.72. The Labute approximate surface area is 82.9 Å². The van der Waals surface area contributed by atoms with Crippen LogP contribution in [0.2, 0.25) is 0 Å². The number of carboxylic acids is 2. The zero-order valence-corrected chi connectivity index (χ0v) is 8.27. The fourth-order valence-electron chi connectivity index (χ4n) is 2.25. The van der Waals surface area contributed by atoms with E-state index in [0.29, 0.717) is 6.42 Å². The quantitative estimate of drug-likeness (QED) is 0.725. The maximum atomic E-state index is 10.9. The molecule has 0 amide bonds. The van der Waals surface area contributed by atoms with E-state index in [1.54, 1.807) is 6.92 Å². The Bertz CT molecular complexity index is 236. The highest BCUT2D eigenvalue weighted by molar-refractivity contribution is 5.74. The van der Waals surface area contributed by atoms with Crippen LogP contribution in [0.5, 0.6) is 0 Å². The van der Waals surface area contributed by atoms with Gasteiger partial charge in [0.25, 0.3) is 0 Å². The normalized spacial score (nSPS) is 29.5. The van der Waals surface area contributed by atoms with Crippen molar-refractivity contribution in [2.75, 3.05) is 0 Å². The maximum absolute atomic E-state index is 10.9. The molecule has 1 rings (SSSR count). The summed E-state index contributed by atoms with van der Waals surface area (Å²) in [5.41, 5.74) is 0. The average molecular weight is 200 g/mol. The zero-order chi connectivity index (χ0) is 10.7. The topological polar surface area (TPSA) is 74.6 Å². The fraction of sp³-hybridized carbons (Fsp3) is 0.800. The fourth-order valence-corrected chi connectivity index (χ4v) is 2.25. The van der Waals surface area contributed by atoms with E-state index in [1.165, 1.54) is 0 Å². The monoisotopic (exact) mass is 200 g/mol. The van der Waals surface area contributed by atoms with Gasteiger partial charge in [0.2, 0.25) is 0 Å². The van der Waals surface area contributed by atoms with Crippen LogP contribution in [0.1, 0.15) is 32.6 Å². The van der Waals surface area contributed by atoms with Crippen molar-refractivity contribution in [2.45, 2.75) is 32.6 Å². The average Bonchev–Trinajstić information content (AvgIpc) is 2.16. The van der Waals surface area contributed by atoms with E-state index in [-0.39, 0.29) is 5.92 Å². The number of aliphatic carboxylic acids is 2. The lowest BCUT2D eigenvalue weighted by Gasteiger charge is -2.31. The molecule has 3 atom stereocenters. The lowest BCUT2D eigenvalue weighted by atomic mass is 9.73. The lowest BCUT2D eigenvalue weighted by molar-refractivity contribution is -0.150. The summed E-state index contributed by atoms with van der Waals surface area (Å²) in [5.74, 6) is -2.93. The highest BCUT2D eigenvalue weighted by Gasteiger charge is 2.36. The SMILES string of the molecule is CC(C(=O)O)C1CCCCC1C(=O)O. The second-order valence-corrected chi connectivity index (χ2v) is 4.02. The molecule has 80 valence electrons. The Morgan fingerprint density at radius 3 is 2.29 bits per heavy atom. The van der Waals surface area contributed by atoms with Gasteiger partial charge in [-0.2, -0.15) is 0 Å². The molecule has 0 bridgehead atoms. The van der Waals surface area contributed by atoms with E-state index in [9.17, 15) is 9.59 Å². The minimum atomic E-state index is -0.886. The molecule has 0 aromatic heterocycles. The summed E-state index contributed by atoms with van der Waals surface area (Å²) in [7, 11) is 0. The first kappa shape index (κ1) is 11.0. The second kappa shape index (κ2) is 4.44. The van der Waals surface area contributed by atoms with Gasteiger partial charge in [-0.1, -0.05) is 19.8 Å². The highest BCUT2D eigenvalue weighted by Crippen LogP contribution is 2.35. The minimum absolute atomic E-state index is 0.196. The van der Waals surface area contributed by atoms with Gasteiger partial charge in [0.05, 0.1) is 11.8 Å². The summed E-state index contributed by atoms with van der Waals surface area (Å²) in [6.07, 6.45) is 3.20. The molecule has 0 aromatic carbocycles. The third-order valence-electron chi connectivity index (χ3n) is 3.17. The van der Waals surface area contributed by atoms with Crippen LogP contribution < -0.4 is 0 Å². The summed E-state index contributed by atoms with van der Waals surface area (Å²) in [4.78, 5) is 21.7. The Hall–Kier alpha value is -1.06. The van der Waals surface area contributed by atoms with Crippen LogP contribution in [0.15, 0.2) is 0 Å². The van der Waals surface area contributed by atoms with Gasteiger partial charge in [-0.25, -0.2) is 0 Å². The third-order valence-corrected chi connectivity index (χ3v) is 3.17. The van der Waals surface area contributed by atoms with Crippen LogP contribution in [0.4, 0.5) is 0 Å². The molecule has 0 aromatic rings. The van der Waals surface area contributed by atoms with Gasteiger partial charge in [0.15, 0.2) is 0 Å². The summed E-state index contributed by atoms with van der Waals surface area (Å²) in [5, 5.41) is 17.8. The molecule has 1 aliphatic rings. The van der Waals surface area contributed by atoms with Crippen LogP contribution in [-0.2, 0) is 9.59 Å². The number of hydrogen-bond donors (Lipinski definition) is 2. The predicted molar refractivity (Wildman–Crippen MR) is 49.9 cm³/mol. The van der Waals surface area contributed by atoms with Crippen LogP contribution in [0.3, 0.4) is 0 Å². The van der Waals surface area contributed by atoms with E-state index in [2.05, 4.69) is 0 Å². The molecular weight excluding hydrogens is 184 g/mol. The van der Waals surface area contributed by atoms with Gasteiger partial charge in [-0.15, -0.1) is 0 Å². The third kappa shape index (κ3) is 2.25. The standard InChI is InChI=1S/C10H16O4/c1-6(9(11)12)7-4-2-3-5-8(7)10(13)14/h6-8H,2-5H2,1H3,(H,11,12)(H,13,14). The smallest absolute Gasteiger partial charge is 0.306 e. The van der Waals surface area contributed by atoms with Crippen molar-refractivity contribution < 1.29 is 19.8 Å². The van der Waals surface area contributed by atoms with Crippen LogP contribution in [0.25, 0.3) is 0 Å². The van der Waals surface area contributed by atoms with Crippen molar-refractivity contribution in [1.29, 1.82) is 0 Å². The van der Waals surface area contributed by atoms with E-state index in [4.69, 9.17) is 10.2 Å². The van der Waals surface area contributed by atoms with Crippen molar-refractivity contribution in [3.63, 3.8) is 0 Å². The summed E-state index contributed by atoms with van der Waals surface area (Å²) < 4.78 is 0. The van der Waals surface area contributed by atoms with Gasteiger partial charge in [0, 0.05) is 0 Å². The molecule has 0 radical (unpaired) electrons. The summed E-state index contributed by atoms with van der Waals surface area (Å²) in [6.45, 7) is 1.61. The van der Waals surface area contributed by atoms with E-state index < -0.39 is 23.8 Å². The first-order valence-corrected chi connectivity index (χ1v) is 4.99. The Morgan fingerprint density at radius 2 is 1.79 bits per heavy atom. The molecule has 14 heavy (non-hydrogen) atoms. The number of hydrogen-bond acceptors (Lipinski definition) is 2. The molecular formula is C10H16O4. The molecule has 1 fully saturated rings. The summed E-state index contributed by atoms with van der Waals surface area (Å²) in [6, 6.07) is 0.